The molecule has 0 atom stereocenters. The minimum absolute atomic E-state index is 0.632. The summed E-state index contributed by atoms with van der Waals surface area (Å²) in [5.41, 5.74) is 1.59. The van der Waals surface area contributed by atoms with Gasteiger partial charge in [-0.15, -0.1) is 0 Å². The van der Waals surface area contributed by atoms with Crippen molar-refractivity contribution in [1.82, 2.24) is 9.97 Å². The van der Waals surface area contributed by atoms with Crippen molar-refractivity contribution in [3.63, 3.8) is 0 Å². The smallest absolute Gasteiger partial charge is 0.159 e. The number of aromatic nitrogens is 2. The van der Waals surface area contributed by atoms with Gasteiger partial charge in [-0.3, -0.25) is 0 Å². The van der Waals surface area contributed by atoms with Gasteiger partial charge in [-0.2, -0.15) is 0 Å². The Bertz CT molecular complexity index is 391. The van der Waals surface area contributed by atoms with Gasteiger partial charge in [0.1, 0.15) is 0 Å². The van der Waals surface area contributed by atoms with Gasteiger partial charge in [0.05, 0.1) is 6.26 Å². The predicted molar refractivity (Wildman–Crippen MR) is 49.9 cm³/mol. The highest BCUT2D eigenvalue weighted by Gasteiger charge is 2.10. The van der Waals surface area contributed by atoms with E-state index in [-0.39, 0.29) is 0 Å². The van der Waals surface area contributed by atoms with E-state index < -0.39 is 0 Å². The van der Waals surface area contributed by atoms with Crippen molar-refractivity contribution in [3.05, 3.63) is 54.3 Å². The zero-order chi connectivity index (χ0) is 9.10. The van der Waals surface area contributed by atoms with Crippen LogP contribution in [0.25, 0.3) is 5.57 Å². The van der Waals surface area contributed by atoms with Crippen molar-refractivity contribution in [3.8, 4) is 0 Å². The van der Waals surface area contributed by atoms with Gasteiger partial charge >= 0.3 is 0 Å². The molecule has 0 saturated heterocycles. The van der Waals surface area contributed by atoms with E-state index in [2.05, 4.69) is 9.97 Å². The Balaban J connectivity index is 2.40. The van der Waals surface area contributed by atoms with Crippen LogP contribution in [0.4, 0.5) is 0 Å². The number of nitrogens with zero attached hydrogens (tertiary/aromatic N) is 2. The van der Waals surface area contributed by atoms with Crippen LogP contribution < -0.4 is 0 Å². The van der Waals surface area contributed by atoms with Crippen LogP contribution in [0.15, 0.2) is 48.5 Å². The Morgan fingerprint density at radius 1 is 1.23 bits per heavy atom. The van der Waals surface area contributed by atoms with Crippen LogP contribution in [0.5, 0.6) is 0 Å². The number of aliphatic hydroxyl groups excluding tert-OH is 1. The number of allylic oxidation sites excluding steroid dienone is 5. The van der Waals surface area contributed by atoms with Gasteiger partial charge < -0.3 is 5.11 Å². The lowest BCUT2D eigenvalue weighted by Gasteiger charge is -2.00. The van der Waals surface area contributed by atoms with E-state index in [9.17, 15) is 0 Å². The Morgan fingerprint density at radius 3 is 2.69 bits per heavy atom. The summed E-state index contributed by atoms with van der Waals surface area (Å²) in [5.74, 6) is 0.632. The summed E-state index contributed by atoms with van der Waals surface area (Å²) in [6, 6.07) is 1.76. The van der Waals surface area contributed by atoms with E-state index in [4.69, 9.17) is 5.11 Å². The third-order valence-corrected chi connectivity index (χ3v) is 1.80. The molecule has 3 heteroatoms. The minimum atomic E-state index is 0.632. The number of hydrogen-bond acceptors (Lipinski definition) is 3. The molecule has 1 aliphatic carbocycles. The third-order valence-electron chi connectivity index (χ3n) is 1.80. The summed E-state index contributed by atoms with van der Waals surface area (Å²) in [6.07, 6.45) is 9.95. The summed E-state index contributed by atoms with van der Waals surface area (Å²) in [7, 11) is 0. The number of hydrogen-bond donors (Lipinski definition) is 1. The van der Waals surface area contributed by atoms with Crippen molar-refractivity contribution in [2.24, 2.45) is 0 Å². The molecule has 0 unspecified atom stereocenters. The van der Waals surface area contributed by atoms with Crippen LogP contribution in [0.3, 0.4) is 0 Å². The lowest BCUT2D eigenvalue weighted by atomic mass is 10.1. The van der Waals surface area contributed by atoms with Gasteiger partial charge in [0.25, 0.3) is 0 Å². The van der Waals surface area contributed by atoms with E-state index in [0.29, 0.717) is 5.82 Å². The Labute approximate surface area is 75.8 Å². The van der Waals surface area contributed by atoms with Gasteiger partial charge in [-0.25, -0.2) is 9.97 Å². The normalized spacial score (nSPS) is 17.8. The fraction of sp³-hybridized carbons (Fsp3) is 0. The highest BCUT2D eigenvalue weighted by atomic mass is 16.2. The predicted octanol–water partition coefficient (Wildman–Crippen LogP) is 1.87. The van der Waals surface area contributed by atoms with Crippen LogP contribution in [0.2, 0.25) is 0 Å². The second-order valence-electron chi connectivity index (χ2n) is 2.60. The van der Waals surface area contributed by atoms with Crippen LogP contribution in [-0.4, -0.2) is 15.1 Å². The fourth-order valence-electron chi connectivity index (χ4n) is 1.19. The first-order valence-corrected chi connectivity index (χ1v) is 3.92. The van der Waals surface area contributed by atoms with Crippen LogP contribution >= 0.6 is 0 Å². The van der Waals surface area contributed by atoms with Gasteiger partial charge in [0.15, 0.2) is 5.82 Å². The molecule has 0 aromatic carbocycles. The molecule has 0 spiro atoms. The van der Waals surface area contributed by atoms with Crippen LogP contribution in [0, 0.1) is 0 Å². The van der Waals surface area contributed by atoms with Gasteiger partial charge in [-0.1, -0.05) is 18.2 Å². The second kappa shape index (κ2) is 3.23. The first-order chi connectivity index (χ1) is 6.42. The summed E-state index contributed by atoms with van der Waals surface area (Å²) >= 11 is 0. The Morgan fingerprint density at radius 2 is 2.00 bits per heavy atom. The van der Waals surface area contributed by atoms with E-state index in [0.717, 1.165) is 17.4 Å². The van der Waals surface area contributed by atoms with Crippen molar-refractivity contribution < 1.29 is 5.11 Å². The van der Waals surface area contributed by atoms with Crippen molar-refractivity contribution in [1.29, 1.82) is 0 Å². The maximum atomic E-state index is 8.89. The standard InChI is InChI=1S/C10H8N2O/c13-7-8-3-1-4-9(8)10-11-5-2-6-12-10/h1-7,13H/b8-7+. The summed E-state index contributed by atoms with van der Waals surface area (Å²) in [6.45, 7) is 0. The Kier molecular flexibility index (Phi) is 1.92. The van der Waals surface area contributed by atoms with Crippen molar-refractivity contribution in [2.45, 2.75) is 0 Å². The Hall–Kier alpha value is -1.90. The molecule has 3 nitrogen and oxygen atoms in total. The largest absolute Gasteiger partial charge is 0.515 e. The molecule has 0 bridgehead atoms. The van der Waals surface area contributed by atoms with Crippen molar-refractivity contribution >= 4 is 5.57 Å². The SMILES string of the molecule is O/C=C1\C=CC=C1c1ncccn1. The highest BCUT2D eigenvalue weighted by Crippen LogP contribution is 2.24. The molecule has 2 rings (SSSR count). The summed E-state index contributed by atoms with van der Waals surface area (Å²) < 4.78 is 0. The van der Waals surface area contributed by atoms with Crippen molar-refractivity contribution in [2.75, 3.05) is 0 Å². The minimum Gasteiger partial charge on any atom is -0.515 e. The molecular formula is C10H8N2O. The first-order valence-electron chi connectivity index (χ1n) is 3.92. The quantitative estimate of drug-likeness (QED) is 0.658. The van der Waals surface area contributed by atoms with E-state index in [1.54, 1.807) is 18.5 Å². The maximum absolute atomic E-state index is 8.89. The summed E-state index contributed by atoms with van der Waals surface area (Å²) in [5, 5.41) is 8.89. The monoisotopic (exact) mass is 172 g/mol. The first kappa shape index (κ1) is 7.73. The molecule has 1 heterocycles. The molecule has 1 aromatic heterocycles. The molecule has 13 heavy (non-hydrogen) atoms. The lowest BCUT2D eigenvalue weighted by Crippen LogP contribution is -1.92. The second-order valence-corrected chi connectivity index (χ2v) is 2.60. The van der Waals surface area contributed by atoms with E-state index in [1.807, 2.05) is 18.2 Å². The fourth-order valence-corrected chi connectivity index (χ4v) is 1.19. The molecule has 1 N–H and O–H groups in total. The topological polar surface area (TPSA) is 46.0 Å². The molecule has 0 fully saturated rings. The van der Waals surface area contributed by atoms with Gasteiger partial charge in [0, 0.05) is 23.5 Å². The molecule has 0 amide bonds. The molecule has 0 saturated carbocycles. The molecule has 1 aliphatic rings. The van der Waals surface area contributed by atoms with Gasteiger partial charge in [0.2, 0.25) is 0 Å². The van der Waals surface area contributed by atoms with Crippen LogP contribution in [-0.2, 0) is 0 Å². The maximum Gasteiger partial charge on any atom is 0.159 e. The number of aliphatic hydroxyl groups is 1. The molecule has 0 radical (unpaired) electrons. The molecule has 1 aromatic rings. The van der Waals surface area contributed by atoms with E-state index >= 15 is 0 Å². The average Bonchev–Trinajstić information content (AvgIpc) is 2.67. The highest BCUT2D eigenvalue weighted by molar-refractivity contribution is 5.82. The van der Waals surface area contributed by atoms with Crippen LogP contribution in [0.1, 0.15) is 5.82 Å². The average molecular weight is 172 g/mol. The molecule has 64 valence electrons. The molecule has 0 aliphatic heterocycles. The number of rotatable bonds is 1. The van der Waals surface area contributed by atoms with E-state index in [1.165, 1.54) is 0 Å². The zero-order valence-corrected chi connectivity index (χ0v) is 6.88. The zero-order valence-electron chi connectivity index (χ0n) is 6.88. The molecular weight excluding hydrogens is 164 g/mol. The third kappa shape index (κ3) is 1.36. The summed E-state index contributed by atoms with van der Waals surface area (Å²) in [4.78, 5) is 8.18. The van der Waals surface area contributed by atoms with Gasteiger partial charge in [-0.05, 0) is 6.07 Å². The lowest BCUT2D eigenvalue weighted by molar-refractivity contribution is 0.471.